The zero-order chi connectivity index (χ0) is 18.1. The number of hydrogen-bond acceptors (Lipinski definition) is 2. The molecule has 0 radical (unpaired) electrons. The molecule has 132 valence electrons. The van der Waals surface area contributed by atoms with Crippen LogP contribution in [0.15, 0.2) is 30.5 Å². The third-order valence-electron chi connectivity index (χ3n) is 5.42. The van der Waals surface area contributed by atoms with Gasteiger partial charge in [-0.15, -0.1) is 0 Å². The highest BCUT2D eigenvalue weighted by Crippen LogP contribution is 2.44. The summed E-state index contributed by atoms with van der Waals surface area (Å²) in [6.07, 6.45) is 2.21. The normalized spacial score (nSPS) is 12.6. The van der Waals surface area contributed by atoms with Gasteiger partial charge in [-0.25, -0.2) is 4.79 Å². The van der Waals surface area contributed by atoms with Gasteiger partial charge in [-0.3, -0.25) is 0 Å². The lowest BCUT2D eigenvalue weighted by molar-refractivity contribution is 0.0528. The summed E-state index contributed by atoms with van der Waals surface area (Å²) in [5.74, 6) is -0.230. The molecule has 24 heavy (non-hydrogen) atoms. The Bertz CT molecular complexity index is 694. The summed E-state index contributed by atoms with van der Waals surface area (Å²) < 4.78 is 7.77. The molecule has 3 nitrogen and oxygen atoms in total. The van der Waals surface area contributed by atoms with E-state index in [0.29, 0.717) is 28.8 Å². The van der Waals surface area contributed by atoms with Gasteiger partial charge in [0.15, 0.2) is 8.24 Å². The molecule has 0 atom stereocenters. The number of carbonyl (C=O) groups is 1. The van der Waals surface area contributed by atoms with Crippen molar-refractivity contribution in [3.05, 3.63) is 36.0 Å². The number of carbonyl (C=O) groups excluding carboxylic acids is 1. The molecule has 0 spiro atoms. The molecule has 1 heterocycles. The van der Waals surface area contributed by atoms with Gasteiger partial charge in [-0.1, -0.05) is 47.6 Å². The Balaban J connectivity index is 2.73. The molecule has 2 rings (SSSR count). The van der Waals surface area contributed by atoms with Crippen molar-refractivity contribution in [2.75, 3.05) is 6.61 Å². The van der Waals surface area contributed by atoms with Crippen molar-refractivity contribution in [1.82, 2.24) is 4.23 Å². The SMILES string of the molecule is CCOC(=O)c1cccc2c1ccn2[Si](C(C)C)(C(C)C)C(C)C. The van der Waals surface area contributed by atoms with Gasteiger partial charge in [0.2, 0.25) is 0 Å². The van der Waals surface area contributed by atoms with Gasteiger partial charge >= 0.3 is 5.97 Å². The molecule has 0 saturated carbocycles. The van der Waals surface area contributed by atoms with Crippen LogP contribution in [0.4, 0.5) is 0 Å². The molecular formula is C20H31NO2Si. The molecule has 0 amide bonds. The second-order valence-corrected chi connectivity index (χ2v) is 13.2. The van der Waals surface area contributed by atoms with Crippen LogP contribution in [0.25, 0.3) is 10.9 Å². The lowest BCUT2D eigenvalue weighted by Gasteiger charge is -2.44. The molecule has 0 N–H and O–H groups in total. The van der Waals surface area contributed by atoms with Crippen LogP contribution < -0.4 is 0 Å². The van der Waals surface area contributed by atoms with Crippen molar-refractivity contribution in [3.8, 4) is 0 Å². The zero-order valence-electron chi connectivity index (χ0n) is 16.1. The van der Waals surface area contributed by atoms with Crippen molar-refractivity contribution in [2.45, 2.75) is 65.1 Å². The first kappa shape index (κ1) is 18.8. The van der Waals surface area contributed by atoms with Gasteiger partial charge in [0.05, 0.1) is 12.2 Å². The molecule has 0 aliphatic carbocycles. The van der Waals surface area contributed by atoms with E-state index in [0.717, 1.165) is 5.39 Å². The topological polar surface area (TPSA) is 31.2 Å². The largest absolute Gasteiger partial charge is 0.462 e. The van der Waals surface area contributed by atoms with Crippen LogP contribution >= 0.6 is 0 Å². The van der Waals surface area contributed by atoms with Crippen LogP contribution in [0.2, 0.25) is 16.6 Å². The van der Waals surface area contributed by atoms with E-state index in [2.05, 4.69) is 64.1 Å². The molecule has 0 unspecified atom stereocenters. The Morgan fingerprint density at radius 2 is 1.62 bits per heavy atom. The van der Waals surface area contributed by atoms with E-state index in [-0.39, 0.29) is 5.97 Å². The predicted octanol–water partition coefficient (Wildman–Crippen LogP) is 5.84. The zero-order valence-corrected chi connectivity index (χ0v) is 17.1. The average Bonchev–Trinajstić information content (AvgIpc) is 2.91. The maximum atomic E-state index is 12.3. The fourth-order valence-corrected chi connectivity index (χ4v) is 11.3. The minimum absolute atomic E-state index is 0.230. The number of esters is 1. The molecule has 4 heteroatoms. The quantitative estimate of drug-likeness (QED) is 0.486. The van der Waals surface area contributed by atoms with E-state index in [1.54, 1.807) is 0 Å². The summed E-state index contributed by atoms with van der Waals surface area (Å²) in [5.41, 5.74) is 3.67. The van der Waals surface area contributed by atoms with Gasteiger partial charge in [0.25, 0.3) is 0 Å². The highest BCUT2D eigenvalue weighted by Gasteiger charge is 2.45. The molecule has 0 bridgehead atoms. The van der Waals surface area contributed by atoms with Crippen LogP contribution in [0.5, 0.6) is 0 Å². The maximum absolute atomic E-state index is 12.3. The number of ether oxygens (including phenoxy) is 1. The third kappa shape index (κ3) is 2.81. The smallest absolute Gasteiger partial charge is 0.338 e. The summed E-state index contributed by atoms with van der Waals surface area (Å²) in [7, 11) is -1.83. The predicted molar refractivity (Wildman–Crippen MR) is 104 cm³/mol. The number of fused-ring (bicyclic) bond motifs is 1. The van der Waals surface area contributed by atoms with Crippen molar-refractivity contribution in [2.24, 2.45) is 0 Å². The van der Waals surface area contributed by atoms with Crippen molar-refractivity contribution >= 4 is 25.1 Å². The Kier molecular flexibility index (Phi) is 5.58. The van der Waals surface area contributed by atoms with E-state index in [4.69, 9.17) is 4.74 Å². The fourth-order valence-electron chi connectivity index (χ4n) is 4.73. The second-order valence-electron chi connectivity index (χ2n) is 7.50. The Hall–Kier alpha value is -1.55. The molecular weight excluding hydrogens is 314 g/mol. The number of aromatic nitrogens is 1. The first-order valence-electron chi connectivity index (χ1n) is 9.06. The Labute approximate surface area is 147 Å². The van der Waals surface area contributed by atoms with Gasteiger partial charge in [-0.2, -0.15) is 0 Å². The first-order chi connectivity index (χ1) is 11.3. The average molecular weight is 346 g/mol. The lowest BCUT2D eigenvalue weighted by atomic mass is 10.1. The molecule has 0 aliphatic heterocycles. The highest BCUT2D eigenvalue weighted by atomic mass is 28.3. The molecule has 0 aliphatic rings. The van der Waals surface area contributed by atoms with E-state index >= 15 is 0 Å². The summed E-state index contributed by atoms with van der Waals surface area (Å²) in [6.45, 7) is 16.4. The van der Waals surface area contributed by atoms with Crippen LogP contribution in [-0.4, -0.2) is 25.0 Å². The monoisotopic (exact) mass is 345 g/mol. The molecule has 0 saturated heterocycles. The van der Waals surface area contributed by atoms with Crippen LogP contribution in [-0.2, 0) is 4.74 Å². The van der Waals surface area contributed by atoms with Crippen molar-refractivity contribution in [3.63, 3.8) is 0 Å². The summed E-state index contributed by atoms with van der Waals surface area (Å²) >= 11 is 0. The summed E-state index contributed by atoms with van der Waals surface area (Å²) in [5, 5.41) is 1.01. The van der Waals surface area contributed by atoms with Gasteiger partial charge in [-0.05, 0) is 47.9 Å². The fraction of sp³-hybridized carbons (Fsp3) is 0.550. The summed E-state index contributed by atoms with van der Waals surface area (Å²) in [6, 6.07) is 8.09. The molecule has 2 aromatic rings. The van der Waals surface area contributed by atoms with Crippen molar-refractivity contribution < 1.29 is 9.53 Å². The molecule has 1 aromatic heterocycles. The minimum atomic E-state index is -1.83. The maximum Gasteiger partial charge on any atom is 0.338 e. The minimum Gasteiger partial charge on any atom is -0.462 e. The standard InChI is InChI=1S/C20H31NO2Si/c1-8-23-20(22)18-10-9-11-19-17(18)12-13-21(19)24(14(2)3,15(4)5)16(6)7/h9-16H,8H2,1-7H3. The first-order valence-corrected chi connectivity index (χ1v) is 11.2. The number of hydrogen-bond donors (Lipinski definition) is 0. The van der Waals surface area contributed by atoms with Crippen LogP contribution in [0.3, 0.4) is 0 Å². The van der Waals surface area contributed by atoms with E-state index in [9.17, 15) is 4.79 Å². The van der Waals surface area contributed by atoms with Gasteiger partial charge in [0.1, 0.15) is 0 Å². The number of rotatable bonds is 6. The van der Waals surface area contributed by atoms with E-state index in [1.807, 2.05) is 19.1 Å². The summed E-state index contributed by atoms with van der Waals surface area (Å²) in [4.78, 5) is 12.3. The number of nitrogens with zero attached hydrogens (tertiary/aromatic N) is 1. The van der Waals surface area contributed by atoms with Gasteiger partial charge in [0, 0.05) is 10.9 Å². The highest BCUT2D eigenvalue weighted by molar-refractivity contribution is 6.82. The second kappa shape index (κ2) is 7.14. The van der Waals surface area contributed by atoms with E-state index in [1.165, 1.54) is 5.52 Å². The Morgan fingerprint density at radius 1 is 1.04 bits per heavy atom. The van der Waals surface area contributed by atoms with Crippen LogP contribution in [0, 0.1) is 0 Å². The Morgan fingerprint density at radius 3 is 2.12 bits per heavy atom. The third-order valence-corrected chi connectivity index (χ3v) is 12.2. The lowest BCUT2D eigenvalue weighted by Crippen LogP contribution is -2.51. The molecule has 0 fully saturated rings. The van der Waals surface area contributed by atoms with E-state index < -0.39 is 8.24 Å². The van der Waals surface area contributed by atoms with Crippen LogP contribution in [0.1, 0.15) is 58.8 Å². The number of benzene rings is 1. The van der Waals surface area contributed by atoms with Crippen molar-refractivity contribution in [1.29, 1.82) is 0 Å². The van der Waals surface area contributed by atoms with Gasteiger partial charge < -0.3 is 8.97 Å². The molecule has 1 aromatic carbocycles.